The number of hydrogen-bond donors (Lipinski definition) is 1. The molecule has 2 aliphatic rings. The van der Waals surface area contributed by atoms with Gasteiger partial charge >= 0.3 is 6.18 Å². The van der Waals surface area contributed by atoms with Crippen LogP contribution in [0.3, 0.4) is 0 Å². The van der Waals surface area contributed by atoms with Crippen molar-refractivity contribution in [3.63, 3.8) is 0 Å². The molecule has 1 unspecified atom stereocenters. The van der Waals surface area contributed by atoms with Crippen molar-refractivity contribution < 1.29 is 27.2 Å². The molecule has 32 heavy (non-hydrogen) atoms. The highest BCUT2D eigenvalue weighted by Crippen LogP contribution is 2.50. The van der Waals surface area contributed by atoms with Crippen LogP contribution < -0.4 is 5.32 Å². The first kappa shape index (κ1) is 22.9. The number of alkyl halides is 3. The Morgan fingerprint density at radius 1 is 1.19 bits per heavy atom. The number of benzene rings is 2. The summed E-state index contributed by atoms with van der Waals surface area (Å²) in [5.41, 5.74) is 0.315. The number of nitrogens with zero attached hydrogens (tertiary/aromatic N) is 1. The SMILES string of the molecule is CC(=O)NCc1ccc(C2=NOC(c3cc(Cl)c(F)c(Cl)c3)(C(F)(F)F)C2)c2c1CCC2. The van der Waals surface area contributed by atoms with Crippen LogP contribution in [-0.2, 0) is 34.6 Å². The van der Waals surface area contributed by atoms with Crippen LogP contribution in [0.25, 0.3) is 0 Å². The van der Waals surface area contributed by atoms with E-state index in [0.717, 1.165) is 41.7 Å². The zero-order valence-electron chi connectivity index (χ0n) is 16.9. The quantitative estimate of drug-likeness (QED) is 0.434. The van der Waals surface area contributed by atoms with Gasteiger partial charge in [-0.3, -0.25) is 4.79 Å². The van der Waals surface area contributed by atoms with Crippen LogP contribution in [0, 0.1) is 5.82 Å². The summed E-state index contributed by atoms with van der Waals surface area (Å²) in [4.78, 5) is 16.3. The molecule has 2 aromatic carbocycles. The van der Waals surface area contributed by atoms with Crippen molar-refractivity contribution in [3.05, 3.63) is 67.9 Å². The van der Waals surface area contributed by atoms with Gasteiger partial charge in [0, 0.05) is 31.0 Å². The fourth-order valence-corrected chi connectivity index (χ4v) is 4.76. The van der Waals surface area contributed by atoms with Crippen molar-refractivity contribution >= 4 is 34.8 Å². The fraction of sp³-hybridized carbons (Fsp3) is 0.364. The standard InChI is InChI=1S/C22H18Cl2F4N2O2/c1-11(31)29-10-12-5-6-16(15-4-2-3-14(12)15)19-9-21(32-30-19,22(26,27)28)13-7-17(23)20(25)18(24)8-13/h5-8H,2-4,9-10H2,1H3,(H,29,31). The number of carbonyl (C=O) groups is 1. The number of hydrogen-bond acceptors (Lipinski definition) is 3. The number of amides is 1. The Labute approximate surface area is 191 Å². The van der Waals surface area contributed by atoms with Crippen LogP contribution >= 0.6 is 23.2 Å². The van der Waals surface area contributed by atoms with Gasteiger partial charge in [0.1, 0.15) is 0 Å². The Bertz CT molecular complexity index is 1110. The van der Waals surface area contributed by atoms with Crippen molar-refractivity contribution in [1.29, 1.82) is 0 Å². The molecule has 1 amide bonds. The molecule has 1 atom stereocenters. The number of rotatable bonds is 4. The molecule has 4 rings (SSSR count). The summed E-state index contributed by atoms with van der Waals surface area (Å²) >= 11 is 11.5. The molecule has 1 aliphatic carbocycles. The van der Waals surface area contributed by atoms with E-state index in [2.05, 4.69) is 10.5 Å². The highest BCUT2D eigenvalue weighted by Gasteiger charge is 2.62. The van der Waals surface area contributed by atoms with Crippen molar-refractivity contribution in [2.24, 2.45) is 5.16 Å². The van der Waals surface area contributed by atoms with Crippen LogP contribution in [-0.4, -0.2) is 17.8 Å². The van der Waals surface area contributed by atoms with Gasteiger partial charge in [0.15, 0.2) is 5.82 Å². The average molecular weight is 489 g/mol. The Morgan fingerprint density at radius 2 is 1.84 bits per heavy atom. The smallest absolute Gasteiger partial charge is 0.374 e. The Kier molecular flexibility index (Phi) is 5.88. The maximum absolute atomic E-state index is 14.3. The van der Waals surface area contributed by atoms with Crippen molar-refractivity contribution in [2.75, 3.05) is 0 Å². The normalized spacial score (nSPS) is 20.0. The Balaban J connectivity index is 1.72. The summed E-state index contributed by atoms with van der Waals surface area (Å²) in [6.07, 6.45) is -3.17. The van der Waals surface area contributed by atoms with Crippen LogP contribution in [0.4, 0.5) is 17.6 Å². The second kappa shape index (κ2) is 8.23. The Hall–Kier alpha value is -2.32. The fourth-order valence-electron chi connectivity index (χ4n) is 4.27. The van der Waals surface area contributed by atoms with E-state index in [1.807, 2.05) is 0 Å². The third-order valence-corrected chi connectivity index (χ3v) is 6.41. The van der Waals surface area contributed by atoms with Gasteiger partial charge in [0.05, 0.1) is 15.8 Å². The van der Waals surface area contributed by atoms with E-state index < -0.39 is 39.6 Å². The molecule has 0 radical (unpaired) electrons. The van der Waals surface area contributed by atoms with E-state index >= 15 is 0 Å². The first-order valence-corrected chi connectivity index (χ1v) is 10.6. The zero-order valence-corrected chi connectivity index (χ0v) is 18.4. The first-order chi connectivity index (χ1) is 15.0. The maximum atomic E-state index is 14.3. The second-order valence-electron chi connectivity index (χ2n) is 7.88. The van der Waals surface area contributed by atoms with Gasteiger partial charge in [-0.2, -0.15) is 13.2 Å². The molecular weight excluding hydrogens is 471 g/mol. The molecule has 0 aromatic heterocycles. The monoisotopic (exact) mass is 488 g/mol. The molecule has 0 spiro atoms. The molecule has 0 saturated carbocycles. The zero-order chi connectivity index (χ0) is 23.3. The number of oxime groups is 1. The molecule has 0 saturated heterocycles. The first-order valence-electron chi connectivity index (χ1n) is 9.89. The molecule has 0 bridgehead atoms. The molecular formula is C22H18Cl2F4N2O2. The maximum Gasteiger partial charge on any atom is 0.435 e. The van der Waals surface area contributed by atoms with Crippen molar-refractivity contribution in [2.45, 2.75) is 50.9 Å². The highest BCUT2D eigenvalue weighted by atomic mass is 35.5. The largest absolute Gasteiger partial charge is 0.435 e. The van der Waals surface area contributed by atoms with Crippen LogP contribution in [0.1, 0.15) is 47.6 Å². The van der Waals surface area contributed by atoms with Crippen LogP contribution in [0.2, 0.25) is 10.0 Å². The van der Waals surface area contributed by atoms with Crippen LogP contribution in [0.5, 0.6) is 0 Å². The van der Waals surface area contributed by atoms with E-state index in [4.69, 9.17) is 28.0 Å². The molecule has 0 fully saturated rings. The van der Waals surface area contributed by atoms with E-state index in [-0.39, 0.29) is 11.6 Å². The van der Waals surface area contributed by atoms with Crippen molar-refractivity contribution in [1.82, 2.24) is 5.32 Å². The summed E-state index contributed by atoms with van der Waals surface area (Å²) in [6, 6.07) is 5.24. The minimum absolute atomic E-state index is 0.142. The van der Waals surface area contributed by atoms with Gasteiger partial charge in [0.25, 0.3) is 5.60 Å². The molecule has 1 N–H and O–H groups in total. The summed E-state index contributed by atoms with van der Waals surface area (Å²) in [7, 11) is 0. The van der Waals surface area contributed by atoms with Crippen LogP contribution in [0.15, 0.2) is 29.4 Å². The molecule has 1 heterocycles. The molecule has 4 nitrogen and oxygen atoms in total. The summed E-state index contributed by atoms with van der Waals surface area (Å²) in [5, 5.41) is 5.50. The predicted octanol–water partition coefficient (Wildman–Crippen LogP) is 5.84. The summed E-state index contributed by atoms with van der Waals surface area (Å²) < 4.78 is 56.6. The van der Waals surface area contributed by atoms with Gasteiger partial charge in [-0.15, -0.1) is 0 Å². The van der Waals surface area contributed by atoms with Crippen molar-refractivity contribution in [3.8, 4) is 0 Å². The van der Waals surface area contributed by atoms with Gasteiger partial charge < -0.3 is 10.2 Å². The van der Waals surface area contributed by atoms with Gasteiger partial charge in [-0.05, 0) is 48.1 Å². The summed E-state index contributed by atoms with van der Waals surface area (Å²) in [6.45, 7) is 1.77. The lowest BCUT2D eigenvalue weighted by Gasteiger charge is -2.30. The lowest BCUT2D eigenvalue weighted by Crippen LogP contribution is -2.42. The predicted molar refractivity (Wildman–Crippen MR) is 112 cm³/mol. The second-order valence-corrected chi connectivity index (χ2v) is 8.69. The summed E-state index contributed by atoms with van der Waals surface area (Å²) in [5.74, 6) is -1.16. The van der Waals surface area contributed by atoms with E-state index in [9.17, 15) is 22.4 Å². The lowest BCUT2D eigenvalue weighted by molar-refractivity contribution is -0.275. The third-order valence-electron chi connectivity index (χ3n) is 5.86. The lowest BCUT2D eigenvalue weighted by atomic mass is 9.84. The van der Waals surface area contributed by atoms with E-state index in [1.54, 1.807) is 12.1 Å². The molecule has 2 aromatic rings. The van der Waals surface area contributed by atoms with Gasteiger partial charge in [0.2, 0.25) is 5.91 Å². The van der Waals surface area contributed by atoms with Gasteiger partial charge in [-0.1, -0.05) is 40.5 Å². The minimum atomic E-state index is -4.86. The molecule has 170 valence electrons. The highest BCUT2D eigenvalue weighted by molar-refractivity contribution is 6.35. The van der Waals surface area contributed by atoms with E-state index in [0.29, 0.717) is 18.5 Å². The topological polar surface area (TPSA) is 50.7 Å². The average Bonchev–Trinajstić information content (AvgIpc) is 3.37. The minimum Gasteiger partial charge on any atom is -0.374 e. The Morgan fingerprint density at radius 3 is 2.47 bits per heavy atom. The number of carbonyl (C=O) groups excluding carboxylic acids is 1. The third kappa shape index (κ3) is 3.83. The number of nitrogens with one attached hydrogen (secondary N) is 1. The molecule has 10 heteroatoms. The number of fused-ring (bicyclic) bond motifs is 1. The van der Waals surface area contributed by atoms with Gasteiger partial charge in [-0.25, -0.2) is 4.39 Å². The van der Waals surface area contributed by atoms with E-state index in [1.165, 1.54) is 6.92 Å². The number of halogens is 6. The molecule has 1 aliphatic heterocycles.